The molecular weight excluding hydrogens is 1260 g/mol. The molecule has 96 heavy (non-hydrogen) atoms. The van der Waals surface area contributed by atoms with Crippen LogP contribution in [-0.2, 0) is 65.4 Å². The number of phosphoric ester groups is 2. The highest BCUT2D eigenvalue weighted by Gasteiger charge is 2.30. The minimum absolute atomic E-state index is 0.105. The summed E-state index contributed by atoms with van der Waals surface area (Å²) in [5, 5.41) is 10.6. The Morgan fingerprint density at radius 1 is 0.302 bits per heavy atom. The zero-order valence-corrected chi connectivity index (χ0v) is 64.5. The molecule has 570 valence electrons. The van der Waals surface area contributed by atoms with Gasteiger partial charge in [-0.15, -0.1) is 0 Å². The lowest BCUT2D eigenvalue weighted by molar-refractivity contribution is -0.161. The van der Waals surface area contributed by atoms with Crippen LogP contribution in [0.15, 0.2) is 0 Å². The van der Waals surface area contributed by atoms with Gasteiger partial charge in [0.15, 0.2) is 12.2 Å². The number of phosphoric acid groups is 2. The molecule has 0 aliphatic heterocycles. The molecule has 17 nitrogen and oxygen atoms in total. The molecule has 0 amide bonds. The van der Waals surface area contributed by atoms with Gasteiger partial charge in [0.1, 0.15) is 19.3 Å². The number of ether oxygens (including phenoxy) is 4. The second kappa shape index (κ2) is 68.8. The maximum absolute atomic E-state index is 13.1. The summed E-state index contributed by atoms with van der Waals surface area (Å²) < 4.78 is 68.6. The number of unbranched alkanes of at least 4 members (excludes halogenated alkanes) is 45. The summed E-state index contributed by atoms with van der Waals surface area (Å²) in [5.74, 6) is -0.535. The standard InChI is InChI=1S/C77H150O17P2/c1-7-10-12-14-16-18-20-21-24-28-31-35-42-48-54-60-75(80)88-65-72(93-76(81)61-55-49-43-36-32-29-26-23-22-25-27-30-33-39-45-51-57-69(4)5)67-91-95(83,84)89-63-71(78)64-90-96(85,86)92-68-73(66-87-74(79)59-53-47-41-34-19-17-15-13-11-8-2)94-77(82)62-56-50-44-38-37-40-46-52-58-70(6)9-3/h69-73,78H,7-68H2,1-6H3,(H,83,84)(H,85,86)/t70?,71-,72-,73-/m1/s1. The van der Waals surface area contributed by atoms with Crippen LogP contribution in [-0.4, -0.2) is 96.7 Å². The predicted octanol–water partition coefficient (Wildman–Crippen LogP) is 22.7. The zero-order chi connectivity index (χ0) is 70.7. The van der Waals surface area contributed by atoms with Gasteiger partial charge >= 0.3 is 39.5 Å². The Morgan fingerprint density at radius 2 is 0.531 bits per heavy atom. The van der Waals surface area contributed by atoms with Crippen molar-refractivity contribution in [3.63, 3.8) is 0 Å². The Hall–Kier alpha value is -1.94. The number of hydrogen-bond donors (Lipinski definition) is 3. The molecule has 0 saturated heterocycles. The molecule has 0 aliphatic rings. The van der Waals surface area contributed by atoms with Gasteiger partial charge in [-0.25, -0.2) is 9.13 Å². The molecule has 0 aromatic heterocycles. The van der Waals surface area contributed by atoms with Gasteiger partial charge in [-0.2, -0.15) is 0 Å². The van der Waals surface area contributed by atoms with Gasteiger partial charge in [0.05, 0.1) is 26.4 Å². The van der Waals surface area contributed by atoms with Crippen LogP contribution in [0.2, 0.25) is 0 Å². The van der Waals surface area contributed by atoms with E-state index in [9.17, 15) is 43.2 Å². The molecule has 0 aromatic carbocycles. The van der Waals surface area contributed by atoms with Crippen LogP contribution in [0.4, 0.5) is 0 Å². The molecule has 0 heterocycles. The van der Waals surface area contributed by atoms with Crippen LogP contribution in [0, 0.1) is 11.8 Å². The second-order valence-corrected chi connectivity index (χ2v) is 31.4. The van der Waals surface area contributed by atoms with Crippen LogP contribution in [0.25, 0.3) is 0 Å². The fourth-order valence-electron chi connectivity index (χ4n) is 11.8. The number of rotatable bonds is 76. The summed E-state index contributed by atoms with van der Waals surface area (Å²) in [4.78, 5) is 72.8. The largest absolute Gasteiger partial charge is 0.472 e. The van der Waals surface area contributed by atoms with Crippen molar-refractivity contribution in [2.24, 2.45) is 11.8 Å². The van der Waals surface area contributed by atoms with E-state index in [2.05, 4.69) is 41.5 Å². The Balaban J connectivity index is 5.23. The monoisotopic (exact) mass is 1410 g/mol. The number of carbonyl (C=O) groups excluding carboxylic acids is 4. The van der Waals surface area contributed by atoms with Gasteiger partial charge in [0.2, 0.25) is 0 Å². The molecule has 0 aliphatic carbocycles. The van der Waals surface area contributed by atoms with E-state index >= 15 is 0 Å². The lowest BCUT2D eigenvalue weighted by Gasteiger charge is -2.21. The third-order valence-electron chi connectivity index (χ3n) is 18.3. The van der Waals surface area contributed by atoms with E-state index in [-0.39, 0.29) is 25.7 Å². The van der Waals surface area contributed by atoms with Crippen LogP contribution in [0.5, 0.6) is 0 Å². The normalized spacial score (nSPS) is 14.3. The van der Waals surface area contributed by atoms with Crippen LogP contribution >= 0.6 is 15.6 Å². The Bertz CT molecular complexity index is 1860. The van der Waals surface area contributed by atoms with Gasteiger partial charge in [-0.1, -0.05) is 350 Å². The van der Waals surface area contributed by atoms with Crippen LogP contribution in [0.1, 0.15) is 401 Å². The molecule has 0 aromatic rings. The number of esters is 4. The van der Waals surface area contributed by atoms with Gasteiger partial charge < -0.3 is 33.8 Å². The molecule has 19 heteroatoms. The molecule has 0 spiro atoms. The Morgan fingerprint density at radius 3 is 0.792 bits per heavy atom. The topological polar surface area (TPSA) is 237 Å². The molecular formula is C77H150O17P2. The molecule has 0 saturated carbocycles. The molecule has 6 atom stereocenters. The average Bonchev–Trinajstić information content (AvgIpc) is 1.46. The number of carbonyl (C=O) groups is 4. The Labute approximate surface area is 588 Å². The maximum Gasteiger partial charge on any atom is 0.472 e. The van der Waals surface area contributed by atoms with Crippen LogP contribution < -0.4 is 0 Å². The molecule has 3 unspecified atom stereocenters. The van der Waals surface area contributed by atoms with Crippen molar-refractivity contribution in [3.8, 4) is 0 Å². The van der Waals surface area contributed by atoms with Crippen molar-refractivity contribution in [3.05, 3.63) is 0 Å². The van der Waals surface area contributed by atoms with Crippen molar-refractivity contribution >= 4 is 39.5 Å². The van der Waals surface area contributed by atoms with E-state index in [0.717, 1.165) is 102 Å². The van der Waals surface area contributed by atoms with E-state index < -0.39 is 97.5 Å². The number of hydrogen-bond acceptors (Lipinski definition) is 15. The molecule has 0 bridgehead atoms. The molecule has 0 rings (SSSR count). The van der Waals surface area contributed by atoms with E-state index in [0.29, 0.717) is 25.7 Å². The Kier molecular flexibility index (Phi) is 67.4. The molecule has 3 N–H and O–H groups in total. The minimum Gasteiger partial charge on any atom is -0.462 e. The fraction of sp³-hybridized carbons (Fsp3) is 0.948. The maximum atomic E-state index is 13.1. The highest BCUT2D eigenvalue weighted by Crippen LogP contribution is 2.45. The number of aliphatic hydroxyl groups is 1. The van der Waals surface area contributed by atoms with Crippen molar-refractivity contribution in [2.45, 2.75) is 419 Å². The number of aliphatic hydroxyl groups excluding tert-OH is 1. The molecule has 0 radical (unpaired) electrons. The van der Waals surface area contributed by atoms with E-state index in [1.807, 2.05) is 0 Å². The van der Waals surface area contributed by atoms with Crippen molar-refractivity contribution < 1.29 is 80.2 Å². The molecule has 0 fully saturated rings. The lowest BCUT2D eigenvalue weighted by Crippen LogP contribution is -2.30. The summed E-state index contributed by atoms with van der Waals surface area (Å²) >= 11 is 0. The average molecular weight is 1410 g/mol. The van der Waals surface area contributed by atoms with Crippen molar-refractivity contribution in [1.82, 2.24) is 0 Å². The third-order valence-corrected chi connectivity index (χ3v) is 20.2. The summed E-state index contributed by atoms with van der Waals surface area (Å²) in [6, 6.07) is 0. The third kappa shape index (κ3) is 69.2. The first-order valence-electron chi connectivity index (χ1n) is 40.0. The first-order chi connectivity index (χ1) is 46.4. The highest BCUT2D eigenvalue weighted by atomic mass is 31.2. The van der Waals surface area contributed by atoms with E-state index in [1.54, 1.807) is 0 Å². The van der Waals surface area contributed by atoms with Gasteiger partial charge in [-0.3, -0.25) is 37.3 Å². The summed E-state index contributed by atoms with van der Waals surface area (Å²) in [7, 11) is -9.91. The summed E-state index contributed by atoms with van der Waals surface area (Å²) in [6.45, 7) is 9.63. The zero-order valence-electron chi connectivity index (χ0n) is 62.7. The highest BCUT2D eigenvalue weighted by molar-refractivity contribution is 7.47. The van der Waals surface area contributed by atoms with Gasteiger partial charge in [0.25, 0.3) is 0 Å². The predicted molar refractivity (Wildman–Crippen MR) is 391 cm³/mol. The first kappa shape index (κ1) is 94.1. The second-order valence-electron chi connectivity index (χ2n) is 28.5. The smallest absolute Gasteiger partial charge is 0.462 e. The fourth-order valence-corrected chi connectivity index (χ4v) is 13.4. The summed E-state index contributed by atoms with van der Waals surface area (Å²) in [6.07, 6.45) is 56.8. The summed E-state index contributed by atoms with van der Waals surface area (Å²) in [5.41, 5.74) is 0. The van der Waals surface area contributed by atoms with Crippen molar-refractivity contribution in [1.29, 1.82) is 0 Å². The minimum atomic E-state index is -4.96. The van der Waals surface area contributed by atoms with E-state index in [4.69, 9.17) is 37.0 Å². The first-order valence-corrected chi connectivity index (χ1v) is 43.0. The van der Waals surface area contributed by atoms with Gasteiger partial charge in [-0.05, 0) is 37.5 Å². The lowest BCUT2D eigenvalue weighted by atomic mass is 9.99. The van der Waals surface area contributed by atoms with E-state index in [1.165, 1.54) is 218 Å². The van der Waals surface area contributed by atoms with Crippen LogP contribution in [0.3, 0.4) is 0 Å². The quantitative estimate of drug-likeness (QED) is 0.0222. The van der Waals surface area contributed by atoms with Gasteiger partial charge in [0, 0.05) is 25.7 Å². The SMILES string of the molecule is CCCCCCCCCCCCCCCCCC(=O)OC[C@H](COP(=O)(O)OC[C@@H](O)COP(=O)(O)OC[C@@H](COC(=O)CCCCCCCCCCCC)OC(=O)CCCCCCCCCCC(C)CC)OC(=O)CCCCCCCCCCCCCCCCCCC(C)C. The van der Waals surface area contributed by atoms with Crippen molar-refractivity contribution in [2.75, 3.05) is 39.6 Å².